The van der Waals surface area contributed by atoms with Crippen molar-refractivity contribution in [3.8, 4) is 0 Å². The summed E-state index contributed by atoms with van der Waals surface area (Å²) in [6, 6.07) is 9.55. The zero-order chi connectivity index (χ0) is 41.5. The molecule has 0 spiro atoms. The summed E-state index contributed by atoms with van der Waals surface area (Å²) >= 11 is 4.15. The van der Waals surface area contributed by atoms with Crippen molar-refractivity contribution in [1.29, 1.82) is 0 Å². The highest BCUT2D eigenvalue weighted by atomic mass is 32.1. The van der Waals surface area contributed by atoms with Gasteiger partial charge in [-0.05, 0) is 52.4 Å². The molecule has 12 nitrogen and oxygen atoms in total. The van der Waals surface area contributed by atoms with Crippen LogP contribution in [0.4, 0.5) is 0 Å². The summed E-state index contributed by atoms with van der Waals surface area (Å²) < 4.78 is 4.95. The van der Waals surface area contributed by atoms with E-state index in [1.807, 2.05) is 30.3 Å². The molecule has 1 aromatic carbocycles. The summed E-state index contributed by atoms with van der Waals surface area (Å²) in [5.74, 6) is -4.00. The topological polar surface area (TPSA) is 213 Å². The molecule has 0 bridgehead atoms. The van der Waals surface area contributed by atoms with Crippen LogP contribution >= 0.6 is 12.6 Å². The van der Waals surface area contributed by atoms with E-state index in [4.69, 9.17) is 30.3 Å². The minimum atomic E-state index is -0.981. The monoisotopic (exact) mass is 738 g/mol. The SMILES string of the molecule is C=C(C)C(=O)O.C=C(C)C(=O)O.C=C(C)C(=O)O.C=C(C)C(=O)O.C=C(C)C(=O)OCc1ccccc1.C=CC(=O)O.CCCCCCCCS. The van der Waals surface area contributed by atoms with Crippen LogP contribution in [0.5, 0.6) is 0 Å². The maximum Gasteiger partial charge on any atom is 0.333 e. The van der Waals surface area contributed by atoms with Crippen LogP contribution in [0, 0.1) is 0 Å². The van der Waals surface area contributed by atoms with Crippen molar-refractivity contribution in [3.05, 3.63) is 109 Å². The Balaban J connectivity index is -0.000000120. The van der Waals surface area contributed by atoms with Crippen molar-refractivity contribution < 1.29 is 59.0 Å². The van der Waals surface area contributed by atoms with Crippen molar-refractivity contribution in [2.45, 2.75) is 86.7 Å². The number of benzene rings is 1. The molecule has 1 rings (SSSR count). The maximum absolute atomic E-state index is 11.0. The van der Waals surface area contributed by atoms with Gasteiger partial charge in [0.25, 0.3) is 0 Å². The van der Waals surface area contributed by atoms with Crippen molar-refractivity contribution in [3.63, 3.8) is 0 Å². The molecular formula is C38H58O12S. The first-order chi connectivity index (χ1) is 23.5. The first kappa shape index (κ1) is 58.1. The first-order valence-electron chi connectivity index (χ1n) is 15.3. The molecule has 0 saturated carbocycles. The van der Waals surface area contributed by atoms with E-state index >= 15 is 0 Å². The lowest BCUT2D eigenvalue weighted by Gasteiger charge is -2.03. The van der Waals surface area contributed by atoms with Crippen LogP contribution < -0.4 is 0 Å². The van der Waals surface area contributed by atoms with Crippen LogP contribution in [-0.4, -0.2) is 67.1 Å². The molecule has 5 N–H and O–H groups in total. The van der Waals surface area contributed by atoms with Crippen LogP contribution in [0.1, 0.15) is 85.6 Å². The van der Waals surface area contributed by atoms with E-state index < -0.39 is 29.8 Å². The Morgan fingerprint density at radius 2 is 0.902 bits per heavy atom. The van der Waals surface area contributed by atoms with Crippen molar-refractivity contribution in [2.75, 3.05) is 5.75 Å². The Hall–Kier alpha value is -5.17. The molecule has 0 aromatic heterocycles. The zero-order valence-corrected chi connectivity index (χ0v) is 31.8. The molecule has 0 radical (unpaired) electrons. The molecule has 0 aliphatic rings. The second-order valence-corrected chi connectivity index (χ2v) is 10.7. The quantitative estimate of drug-likeness (QED) is 0.0459. The van der Waals surface area contributed by atoms with Gasteiger partial charge in [-0.3, -0.25) is 0 Å². The lowest BCUT2D eigenvalue weighted by atomic mass is 10.1. The maximum atomic E-state index is 11.0. The number of thiol groups is 1. The van der Waals surface area contributed by atoms with Gasteiger partial charge in [0, 0.05) is 33.9 Å². The number of carboxylic acids is 5. The predicted octanol–water partition coefficient (Wildman–Crippen LogP) is 8.43. The van der Waals surface area contributed by atoms with Crippen LogP contribution in [-0.2, 0) is 40.1 Å². The van der Waals surface area contributed by atoms with E-state index in [-0.39, 0.29) is 28.3 Å². The van der Waals surface area contributed by atoms with Gasteiger partial charge in [-0.15, -0.1) is 0 Å². The molecular weight excluding hydrogens is 680 g/mol. The van der Waals surface area contributed by atoms with Crippen molar-refractivity contribution >= 4 is 48.4 Å². The van der Waals surface area contributed by atoms with Gasteiger partial charge in [-0.25, -0.2) is 28.8 Å². The fourth-order valence-electron chi connectivity index (χ4n) is 1.74. The third-order valence-corrected chi connectivity index (χ3v) is 5.02. The first-order valence-corrected chi connectivity index (χ1v) is 16.0. The van der Waals surface area contributed by atoms with Gasteiger partial charge < -0.3 is 30.3 Å². The van der Waals surface area contributed by atoms with Gasteiger partial charge in [-0.1, -0.05) is 109 Å². The lowest BCUT2D eigenvalue weighted by molar-refractivity contribution is -0.140. The highest BCUT2D eigenvalue weighted by Gasteiger charge is 2.02. The lowest BCUT2D eigenvalue weighted by Crippen LogP contribution is -2.04. The Morgan fingerprint density at radius 1 is 0.608 bits per heavy atom. The van der Waals surface area contributed by atoms with Gasteiger partial charge >= 0.3 is 35.8 Å². The number of hydrogen-bond acceptors (Lipinski definition) is 8. The Bertz CT molecular complexity index is 1100. The van der Waals surface area contributed by atoms with Gasteiger partial charge in [0.2, 0.25) is 0 Å². The van der Waals surface area contributed by atoms with Crippen molar-refractivity contribution in [1.82, 2.24) is 0 Å². The molecule has 0 aliphatic heterocycles. The van der Waals surface area contributed by atoms with E-state index in [9.17, 15) is 28.8 Å². The molecule has 0 heterocycles. The molecule has 1 aromatic rings. The number of aliphatic carboxylic acids is 5. The summed E-state index contributed by atoms with van der Waals surface area (Å²) in [6.07, 6.45) is 9.10. The smallest absolute Gasteiger partial charge is 0.333 e. The number of esters is 1. The van der Waals surface area contributed by atoms with Gasteiger partial charge in [-0.2, -0.15) is 12.6 Å². The molecule has 0 aliphatic carbocycles. The summed E-state index contributed by atoms with van der Waals surface area (Å²) in [4.78, 5) is 58.6. The van der Waals surface area contributed by atoms with Crippen LogP contribution in [0.25, 0.3) is 0 Å². The molecule has 288 valence electrons. The van der Waals surface area contributed by atoms with E-state index in [1.54, 1.807) is 6.92 Å². The number of rotatable bonds is 14. The third kappa shape index (κ3) is 64.1. The fraction of sp³-hybridized carbons (Fsp3) is 0.368. The molecule has 13 heteroatoms. The third-order valence-electron chi connectivity index (χ3n) is 4.71. The van der Waals surface area contributed by atoms with Gasteiger partial charge in [0.1, 0.15) is 6.61 Å². The highest BCUT2D eigenvalue weighted by molar-refractivity contribution is 7.80. The molecule has 0 amide bonds. The fourth-order valence-corrected chi connectivity index (χ4v) is 1.96. The standard InChI is InChI=1S/C11H12O2.C8H18S.4C4H6O2.C3H4O2/c1-9(2)11(12)13-8-10-6-4-3-5-7-10;1-2-3-4-5-6-7-8-9;4*1-3(2)4(5)6;1-2-3(4)5/h3-7H,1,8H2,2H3;9H,2-8H2,1H3;4*1H2,2H3,(H,5,6);2H,1H2,(H,4,5). The largest absolute Gasteiger partial charge is 0.478 e. The highest BCUT2D eigenvalue weighted by Crippen LogP contribution is 2.05. The van der Waals surface area contributed by atoms with Gasteiger partial charge in [0.15, 0.2) is 0 Å². The van der Waals surface area contributed by atoms with Crippen LogP contribution in [0.15, 0.2) is 104 Å². The number of carbonyl (C=O) groups is 6. The normalized spacial score (nSPS) is 8.29. The molecule has 0 saturated heterocycles. The molecule has 51 heavy (non-hydrogen) atoms. The Morgan fingerprint density at radius 3 is 1.14 bits per heavy atom. The second-order valence-electron chi connectivity index (χ2n) is 10.2. The van der Waals surface area contributed by atoms with E-state index in [2.05, 4.69) is 59.0 Å². The minimum Gasteiger partial charge on any atom is -0.478 e. The van der Waals surface area contributed by atoms with E-state index in [0.29, 0.717) is 12.2 Å². The van der Waals surface area contributed by atoms with E-state index in [0.717, 1.165) is 17.4 Å². The zero-order valence-electron chi connectivity index (χ0n) is 30.9. The number of hydrogen-bond donors (Lipinski definition) is 6. The predicted molar refractivity (Wildman–Crippen MR) is 206 cm³/mol. The van der Waals surface area contributed by atoms with Gasteiger partial charge in [0.05, 0.1) is 0 Å². The number of unbranched alkanes of at least 4 members (excludes halogenated alkanes) is 5. The van der Waals surface area contributed by atoms with Crippen LogP contribution in [0.2, 0.25) is 0 Å². The average Bonchev–Trinajstić information content (AvgIpc) is 3.05. The average molecular weight is 739 g/mol. The molecule has 0 fully saturated rings. The number of carbonyl (C=O) groups excluding carboxylic acids is 1. The van der Waals surface area contributed by atoms with E-state index in [1.165, 1.54) is 66.2 Å². The number of ether oxygens (including phenoxy) is 1. The van der Waals surface area contributed by atoms with Crippen molar-refractivity contribution in [2.24, 2.45) is 0 Å². The number of carboxylic acid groups (broad SMARTS) is 5. The summed E-state index contributed by atoms with van der Waals surface area (Å²) in [6.45, 7) is 29.1. The Labute approximate surface area is 308 Å². The second kappa shape index (κ2) is 41.0. The van der Waals surface area contributed by atoms with Crippen LogP contribution in [0.3, 0.4) is 0 Å². The summed E-state index contributed by atoms with van der Waals surface area (Å²) in [5, 5.41) is 39.2. The molecule has 0 unspecified atom stereocenters. The minimum absolute atomic E-state index is 0.176. The summed E-state index contributed by atoms with van der Waals surface area (Å²) in [7, 11) is 0. The Kier molecular flexibility index (Phi) is 46.7. The molecule has 0 atom stereocenters. The summed E-state index contributed by atoms with van der Waals surface area (Å²) in [5.41, 5.74) is 2.11.